The van der Waals surface area contributed by atoms with Crippen molar-refractivity contribution in [3.05, 3.63) is 11.4 Å². The van der Waals surface area contributed by atoms with E-state index in [2.05, 4.69) is 10.4 Å². The Labute approximate surface area is 111 Å². The van der Waals surface area contributed by atoms with Crippen LogP contribution in [0, 0.1) is 6.92 Å². The molecule has 0 radical (unpaired) electrons. The Balaban J connectivity index is 2.01. The summed E-state index contributed by atoms with van der Waals surface area (Å²) in [5, 5.41) is 6.81. The van der Waals surface area contributed by atoms with Gasteiger partial charge in [0.2, 0.25) is 0 Å². The molecule has 1 saturated carbocycles. The summed E-state index contributed by atoms with van der Waals surface area (Å²) in [6.07, 6.45) is 1.13. The van der Waals surface area contributed by atoms with Gasteiger partial charge in [-0.3, -0.25) is 9.48 Å². The molecule has 0 bridgehead atoms. The summed E-state index contributed by atoms with van der Waals surface area (Å²) in [6, 6.07) is 0.234. The lowest BCUT2D eigenvalue weighted by Crippen LogP contribution is -2.37. The topological polar surface area (TPSA) is 99.2 Å². The lowest BCUT2D eigenvalue weighted by atomic mass is 10.3. The lowest BCUT2D eigenvalue weighted by Gasteiger charge is -2.13. The fourth-order valence-corrected chi connectivity index (χ4v) is 1.73. The highest BCUT2D eigenvalue weighted by molar-refractivity contribution is 5.95. The standard InChI is InChI=1S/C12H18N4O3/c1-6-9(13)10(16(3)15-6)12(18)19-7(2)11(17)14-8-4-5-8/h7-8H,4-5,13H2,1-3H3,(H,14,17). The van der Waals surface area contributed by atoms with Crippen molar-refractivity contribution in [1.82, 2.24) is 15.1 Å². The summed E-state index contributed by atoms with van der Waals surface area (Å²) in [5.74, 6) is -0.924. The molecule has 1 atom stereocenters. The number of ether oxygens (including phenoxy) is 1. The van der Waals surface area contributed by atoms with Crippen LogP contribution >= 0.6 is 0 Å². The fourth-order valence-electron chi connectivity index (χ4n) is 1.73. The molecule has 7 nitrogen and oxygen atoms in total. The summed E-state index contributed by atoms with van der Waals surface area (Å²) in [6.45, 7) is 3.24. The molecule has 1 fully saturated rings. The van der Waals surface area contributed by atoms with Crippen molar-refractivity contribution in [1.29, 1.82) is 0 Å². The van der Waals surface area contributed by atoms with Gasteiger partial charge < -0.3 is 15.8 Å². The predicted molar refractivity (Wildman–Crippen MR) is 68.4 cm³/mol. The molecule has 0 saturated heterocycles. The number of carbonyl (C=O) groups excluding carboxylic acids is 2. The number of aryl methyl sites for hydroxylation is 2. The monoisotopic (exact) mass is 266 g/mol. The van der Waals surface area contributed by atoms with E-state index in [0.717, 1.165) is 12.8 Å². The van der Waals surface area contributed by atoms with Gasteiger partial charge in [0, 0.05) is 13.1 Å². The number of carbonyl (C=O) groups is 2. The van der Waals surface area contributed by atoms with Crippen molar-refractivity contribution in [2.45, 2.75) is 38.8 Å². The van der Waals surface area contributed by atoms with Crippen LogP contribution in [0.5, 0.6) is 0 Å². The van der Waals surface area contributed by atoms with Crippen LogP contribution in [-0.2, 0) is 16.6 Å². The minimum Gasteiger partial charge on any atom is -0.448 e. The number of amides is 1. The maximum atomic E-state index is 12.0. The molecule has 104 valence electrons. The molecule has 3 N–H and O–H groups in total. The molecule has 0 aliphatic heterocycles. The maximum Gasteiger partial charge on any atom is 0.359 e. The van der Waals surface area contributed by atoms with Gasteiger partial charge in [-0.05, 0) is 26.7 Å². The first kappa shape index (κ1) is 13.4. The van der Waals surface area contributed by atoms with Crippen LogP contribution in [0.4, 0.5) is 5.69 Å². The van der Waals surface area contributed by atoms with E-state index in [1.807, 2.05) is 0 Å². The van der Waals surface area contributed by atoms with Crippen molar-refractivity contribution in [2.24, 2.45) is 7.05 Å². The van der Waals surface area contributed by atoms with E-state index in [0.29, 0.717) is 5.69 Å². The van der Waals surface area contributed by atoms with Gasteiger partial charge in [0.25, 0.3) is 5.91 Å². The van der Waals surface area contributed by atoms with Crippen molar-refractivity contribution < 1.29 is 14.3 Å². The van der Waals surface area contributed by atoms with E-state index in [1.165, 1.54) is 11.6 Å². The lowest BCUT2D eigenvalue weighted by molar-refractivity contribution is -0.129. The second-order valence-corrected chi connectivity index (χ2v) is 4.80. The van der Waals surface area contributed by atoms with Crippen LogP contribution in [0.3, 0.4) is 0 Å². The first-order valence-electron chi connectivity index (χ1n) is 6.20. The van der Waals surface area contributed by atoms with Crippen molar-refractivity contribution in [2.75, 3.05) is 5.73 Å². The van der Waals surface area contributed by atoms with Gasteiger partial charge in [-0.1, -0.05) is 0 Å². The van der Waals surface area contributed by atoms with E-state index in [-0.39, 0.29) is 23.3 Å². The number of anilines is 1. The first-order valence-corrected chi connectivity index (χ1v) is 6.20. The Morgan fingerprint density at radius 3 is 2.63 bits per heavy atom. The van der Waals surface area contributed by atoms with Gasteiger partial charge >= 0.3 is 5.97 Å². The highest BCUT2D eigenvalue weighted by Gasteiger charge is 2.28. The summed E-state index contributed by atoms with van der Waals surface area (Å²) in [4.78, 5) is 23.7. The molecule has 19 heavy (non-hydrogen) atoms. The number of hydrogen-bond donors (Lipinski definition) is 2. The first-order chi connectivity index (χ1) is 8.90. The van der Waals surface area contributed by atoms with Gasteiger partial charge in [0.1, 0.15) is 0 Å². The Morgan fingerprint density at radius 1 is 1.53 bits per heavy atom. The number of aromatic nitrogens is 2. The minimum atomic E-state index is -0.845. The van der Waals surface area contributed by atoms with Gasteiger partial charge in [0.15, 0.2) is 11.8 Å². The minimum absolute atomic E-state index is 0.170. The van der Waals surface area contributed by atoms with Crippen molar-refractivity contribution >= 4 is 17.6 Å². The van der Waals surface area contributed by atoms with Crippen LogP contribution in [0.25, 0.3) is 0 Å². The molecule has 1 aliphatic rings. The predicted octanol–water partition coefficient (Wildman–Crippen LogP) is 0.135. The van der Waals surface area contributed by atoms with Gasteiger partial charge in [-0.2, -0.15) is 5.10 Å². The molecule has 0 aromatic carbocycles. The summed E-state index contributed by atoms with van der Waals surface area (Å²) >= 11 is 0. The quantitative estimate of drug-likeness (QED) is 0.755. The van der Waals surface area contributed by atoms with Crippen LogP contribution in [-0.4, -0.2) is 33.8 Å². The van der Waals surface area contributed by atoms with Crippen LogP contribution < -0.4 is 11.1 Å². The van der Waals surface area contributed by atoms with Gasteiger partial charge in [0.05, 0.1) is 11.4 Å². The molecule has 1 heterocycles. The average molecular weight is 266 g/mol. The third-order valence-corrected chi connectivity index (χ3v) is 3.04. The second-order valence-electron chi connectivity index (χ2n) is 4.80. The molecule has 1 unspecified atom stereocenters. The van der Waals surface area contributed by atoms with Crippen molar-refractivity contribution in [3.63, 3.8) is 0 Å². The Kier molecular flexibility index (Phi) is 3.46. The normalized spacial score (nSPS) is 15.9. The number of nitrogen functional groups attached to an aromatic ring is 1. The zero-order valence-electron chi connectivity index (χ0n) is 11.3. The number of esters is 1. The van der Waals surface area contributed by atoms with E-state index in [9.17, 15) is 9.59 Å². The maximum absolute atomic E-state index is 12.0. The van der Waals surface area contributed by atoms with Gasteiger partial charge in [-0.25, -0.2) is 4.79 Å². The fraction of sp³-hybridized carbons (Fsp3) is 0.583. The molecule has 1 amide bonds. The van der Waals surface area contributed by atoms with Crippen LogP contribution in [0.15, 0.2) is 0 Å². The van der Waals surface area contributed by atoms with E-state index < -0.39 is 12.1 Å². The number of nitrogens with one attached hydrogen (secondary N) is 1. The highest BCUT2D eigenvalue weighted by atomic mass is 16.5. The Morgan fingerprint density at radius 2 is 2.16 bits per heavy atom. The smallest absolute Gasteiger partial charge is 0.359 e. The number of rotatable bonds is 4. The van der Waals surface area contributed by atoms with E-state index in [1.54, 1.807) is 14.0 Å². The second kappa shape index (κ2) is 4.91. The van der Waals surface area contributed by atoms with Crippen LogP contribution in [0.1, 0.15) is 35.9 Å². The molecular formula is C12H18N4O3. The van der Waals surface area contributed by atoms with Gasteiger partial charge in [-0.15, -0.1) is 0 Å². The summed E-state index contributed by atoms with van der Waals surface area (Å²) in [5.41, 5.74) is 6.77. The number of nitrogens with zero attached hydrogens (tertiary/aromatic N) is 2. The Bertz CT molecular complexity index is 519. The molecule has 1 aliphatic carbocycles. The molecule has 1 aromatic rings. The zero-order valence-corrected chi connectivity index (χ0v) is 11.3. The molecule has 2 rings (SSSR count). The van der Waals surface area contributed by atoms with E-state index >= 15 is 0 Å². The van der Waals surface area contributed by atoms with Crippen LogP contribution in [0.2, 0.25) is 0 Å². The third-order valence-electron chi connectivity index (χ3n) is 3.04. The molecule has 1 aromatic heterocycles. The largest absolute Gasteiger partial charge is 0.448 e. The number of nitrogens with two attached hydrogens (primary N) is 1. The van der Waals surface area contributed by atoms with E-state index in [4.69, 9.17) is 10.5 Å². The SMILES string of the molecule is Cc1nn(C)c(C(=O)OC(C)C(=O)NC2CC2)c1N. The molecule has 0 spiro atoms. The Hall–Kier alpha value is -2.05. The number of hydrogen-bond acceptors (Lipinski definition) is 5. The summed E-state index contributed by atoms with van der Waals surface area (Å²) in [7, 11) is 1.61. The zero-order chi connectivity index (χ0) is 14.2. The average Bonchev–Trinajstić information content (AvgIpc) is 3.08. The third kappa shape index (κ3) is 2.86. The van der Waals surface area contributed by atoms with Crippen molar-refractivity contribution in [3.8, 4) is 0 Å². The molecule has 7 heteroatoms. The highest BCUT2D eigenvalue weighted by Crippen LogP contribution is 2.20. The molecular weight excluding hydrogens is 248 g/mol. The summed E-state index contributed by atoms with van der Waals surface area (Å²) < 4.78 is 6.47.